The minimum Gasteiger partial charge on any atom is -0.389 e. The first-order chi connectivity index (χ1) is 7.59. The predicted molar refractivity (Wildman–Crippen MR) is 57.4 cm³/mol. The molecule has 16 heavy (non-hydrogen) atoms. The van der Waals surface area contributed by atoms with Gasteiger partial charge in [-0.05, 0) is 18.6 Å². The molecule has 0 unspecified atom stereocenters. The Balaban J connectivity index is 2.10. The summed E-state index contributed by atoms with van der Waals surface area (Å²) in [6, 6.07) is 6.29. The van der Waals surface area contributed by atoms with Crippen molar-refractivity contribution in [2.24, 2.45) is 0 Å². The maximum atomic E-state index is 13.4. The lowest BCUT2D eigenvalue weighted by atomic mass is 9.97. The normalized spacial score (nSPS) is 18.1. The van der Waals surface area contributed by atoms with Crippen LogP contribution in [0.4, 0.5) is 4.39 Å². The SMILES string of the molecule is C[C@@H](C(=O)N1CC(O)C1)c1ccccc1F. The Morgan fingerprint density at radius 3 is 2.69 bits per heavy atom. The topological polar surface area (TPSA) is 40.5 Å². The molecular weight excluding hydrogens is 209 g/mol. The Morgan fingerprint density at radius 2 is 2.12 bits per heavy atom. The van der Waals surface area contributed by atoms with Gasteiger partial charge in [0.15, 0.2) is 0 Å². The number of carbonyl (C=O) groups excluding carboxylic acids is 1. The lowest BCUT2D eigenvalue weighted by Gasteiger charge is -2.37. The fraction of sp³-hybridized carbons (Fsp3) is 0.417. The van der Waals surface area contributed by atoms with Crippen LogP contribution in [0, 0.1) is 5.82 Å². The van der Waals surface area contributed by atoms with E-state index >= 15 is 0 Å². The van der Waals surface area contributed by atoms with E-state index in [1.54, 1.807) is 30.0 Å². The van der Waals surface area contributed by atoms with Crippen molar-refractivity contribution >= 4 is 5.91 Å². The average molecular weight is 223 g/mol. The van der Waals surface area contributed by atoms with Gasteiger partial charge in [-0.2, -0.15) is 0 Å². The van der Waals surface area contributed by atoms with Crippen molar-refractivity contribution in [2.45, 2.75) is 18.9 Å². The summed E-state index contributed by atoms with van der Waals surface area (Å²) in [4.78, 5) is 13.4. The van der Waals surface area contributed by atoms with Crippen LogP contribution in [0.5, 0.6) is 0 Å². The highest BCUT2D eigenvalue weighted by Crippen LogP contribution is 2.23. The minimum absolute atomic E-state index is 0.129. The molecule has 0 radical (unpaired) electrons. The zero-order chi connectivity index (χ0) is 11.7. The number of halogens is 1. The second-order valence-corrected chi connectivity index (χ2v) is 4.14. The summed E-state index contributed by atoms with van der Waals surface area (Å²) in [6.07, 6.45) is -0.420. The van der Waals surface area contributed by atoms with E-state index in [4.69, 9.17) is 5.11 Å². The summed E-state index contributed by atoms with van der Waals surface area (Å²) in [5.41, 5.74) is 0.411. The minimum atomic E-state index is -0.492. The molecule has 0 bridgehead atoms. The molecule has 1 aliphatic rings. The molecule has 1 heterocycles. The smallest absolute Gasteiger partial charge is 0.230 e. The Kier molecular flexibility index (Phi) is 2.92. The number of likely N-dealkylation sites (tertiary alicyclic amines) is 1. The van der Waals surface area contributed by atoms with Gasteiger partial charge in [0.1, 0.15) is 5.82 Å². The lowest BCUT2D eigenvalue weighted by molar-refractivity contribution is -0.142. The van der Waals surface area contributed by atoms with Crippen molar-refractivity contribution in [3.63, 3.8) is 0 Å². The van der Waals surface area contributed by atoms with Gasteiger partial charge in [0.05, 0.1) is 12.0 Å². The van der Waals surface area contributed by atoms with Gasteiger partial charge in [-0.25, -0.2) is 4.39 Å². The van der Waals surface area contributed by atoms with Crippen LogP contribution in [0.3, 0.4) is 0 Å². The third-order valence-electron chi connectivity index (χ3n) is 2.92. The van der Waals surface area contributed by atoms with Gasteiger partial charge < -0.3 is 10.0 Å². The number of carbonyl (C=O) groups is 1. The van der Waals surface area contributed by atoms with Crippen molar-refractivity contribution < 1.29 is 14.3 Å². The monoisotopic (exact) mass is 223 g/mol. The van der Waals surface area contributed by atoms with Crippen molar-refractivity contribution in [3.8, 4) is 0 Å². The number of hydrogen-bond donors (Lipinski definition) is 1. The second kappa shape index (κ2) is 4.22. The summed E-state index contributed by atoms with van der Waals surface area (Å²) < 4.78 is 13.4. The van der Waals surface area contributed by atoms with E-state index in [1.165, 1.54) is 6.07 Å². The quantitative estimate of drug-likeness (QED) is 0.816. The fourth-order valence-corrected chi connectivity index (χ4v) is 1.87. The maximum absolute atomic E-state index is 13.4. The molecule has 1 N–H and O–H groups in total. The van der Waals surface area contributed by atoms with Gasteiger partial charge in [0.25, 0.3) is 0 Å². The van der Waals surface area contributed by atoms with Crippen LogP contribution in [-0.4, -0.2) is 35.1 Å². The van der Waals surface area contributed by atoms with E-state index in [0.717, 1.165) is 0 Å². The molecule has 1 atom stereocenters. The third-order valence-corrected chi connectivity index (χ3v) is 2.92. The molecule has 1 aliphatic heterocycles. The first kappa shape index (κ1) is 11.1. The van der Waals surface area contributed by atoms with Crippen LogP contribution in [0.15, 0.2) is 24.3 Å². The van der Waals surface area contributed by atoms with E-state index in [0.29, 0.717) is 18.7 Å². The molecule has 1 fully saturated rings. The van der Waals surface area contributed by atoms with E-state index in [9.17, 15) is 9.18 Å². The molecule has 1 aromatic rings. The van der Waals surface area contributed by atoms with E-state index in [2.05, 4.69) is 0 Å². The molecule has 1 aromatic carbocycles. The summed E-state index contributed by atoms with van der Waals surface area (Å²) in [6.45, 7) is 2.40. The highest BCUT2D eigenvalue weighted by molar-refractivity contribution is 5.84. The molecule has 4 heteroatoms. The molecule has 0 saturated carbocycles. The first-order valence-electron chi connectivity index (χ1n) is 5.31. The predicted octanol–water partition coefficient (Wildman–Crippen LogP) is 1.13. The summed E-state index contributed by atoms with van der Waals surface area (Å²) >= 11 is 0. The Hall–Kier alpha value is -1.42. The van der Waals surface area contributed by atoms with Gasteiger partial charge in [0, 0.05) is 13.1 Å². The lowest BCUT2D eigenvalue weighted by Crippen LogP contribution is -2.54. The number of benzene rings is 1. The van der Waals surface area contributed by atoms with Gasteiger partial charge in [0.2, 0.25) is 5.91 Å². The van der Waals surface area contributed by atoms with Crippen LogP contribution < -0.4 is 0 Å². The van der Waals surface area contributed by atoms with E-state index < -0.39 is 12.0 Å². The van der Waals surface area contributed by atoms with E-state index in [1.807, 2.05) is 0 Å². The molecule has 2 rings (SSSR count). The third kappa shape index (κ3) is 1.93. The van der Waals surface area contributed by atoms with Gasteiger partial charge in [-0.3, -0.25) is 4.79 Å². The molecule has 1 saturated heterocycles. The Morgan fingerprint density at radius 1 is 1.50 bits per heavy atom. The van der Waals surface area contributed by atoms with Crippen molar-refractivity contribution in [3.05, 3.63) is 35.6 Å². The number of aliphatic hydroxyl groups is 1. The summed E-state index contributed by atoms with van der Waals surface area (Å²) in [5.74, 6) is -0.978. The van der Waals surface area contributed by atoms with Crippen LogP contribution in [0.1, 0.15) is 18.4 Å². The molecule has 1 amide bonds. The molecule has 0 aliphatic carbocycles. The largest absolute Gasteiger partial charge is 0.389 e. The standard InChI is InChI=1S/C12H14FNO2/c1-8(10-4-2-3-5-11(10)13)12(16)14-6-9(15)7-14/h2-5,8-9,15H,6-7H2,1H3/t8-/m1/s1. The van der Waals surface area contributed by atoms with Crippen molar-refractivity contribution in [1.82, 2.24) is 4.90 Å². The van der Waals surface area contributed by atoms with Crippen LogP contribution in [0.2, 0.25) is 0 Å². The van der Waals surface area contributed by atoms with Crippen molar-refractivity contribution in [2.75, 3.05) is 13.1 Å². The van der Waals surface area contributed by atoms with E-state index in [-0.39, 0.29) is 11.7 Å². The van der Waals surface area contributed by atoms with Gasteiger partial charge >= 0.3 is 0 Å². The number of β-amino-alcohol motifs (C(OH)–C–C–N with tert-alkyl or cyclic N) is 1. The van der Waals surface area contributed by atoms with Gasteiger partial charge in [-0.1, -0.05) is 18.2 Å². The molecule has 0 spiro atoms. The molecule has 0 aromatic heterocycles. The molecule has 86 valence electrons. The number of rotatable bonds is 2. The summed E-state index contributed by atoms with van der Waals surface area (Å²) in [7, 11) is 0. The highest BCUT2D eigenvalue weighted by Gasteiger charge is 2.32. The van der Waals surface area contributed by atoms with Crippen LogP contribution >= 0.6 is 0 Å². The number of hydrogen-bond acceptors (Lipinski definition) is 2. The highest BCUT2D eigenvalue weighted by atomic mass is 19.1. The molecule has 3 nitrogen and oxygen atoms in total. The Labute approximate surface area is 93.5 Å². The zero-order valence-electron chi connectivity index (χ0n) is 9.06. The number of nitrogens with zero attached hydrogens (tertiary/aromatic N) is 1. The average Bonchev–Trinajstić information content (AvgIpc) is 2.24. The zero-order valence-corrected chi connectivity index (χ0v) is 9.06. The number of amides is 1. The van der Waals surface area contributed by atoms with Crippen LogP contribution in [-0.2, 0) is 4.79 Å². The number of aliphatic hydroxyl groups excluding tert-OH is 1. The summed E-state index contributed by atoms with van der Waals surface area (Å²) in [5, 5.41) is 9.11. The second-order valence-electron chi connectivity index (χ2n) is 4.14. The Bertz CT molecular complexity index is 402. The first-order valence-corrected chi connectivity index (χ1v) is 5.31. The maximum Gasteiger partial charge on any atom is 0.230 e. The van der Waals surface area contributed by atoms with Crippen LogP contribution in [0.25, 0.3) is 0 Å². The van der Waals surface area contributed by atoms with Gasteiger partial charge in [-0.15, -0.1) is 0 Å². The van der Waals surface area contributed by atoms with Crippen molar-refractivity contribution in [1.29, 1.82) is 0 Å². The fourth-order valence-electron chi connectivity index (χ4n) is 1.87. The molecular formula is C12H14FNO2.